The fraction of sp³-hybridized carbons (Fsp3) is 0.100. The molecule has 0 aliphatic heterocycles. The molecule has 1 heterocycles. The first-order chi connectivity index (χ1) is 6.40. The van der Waals surface area contributed by atoms with Crippen LogP contribution in [0.3, 0.4) is 0 Å². The maximum atomic E-state index is 8.78. The van der Waals surface area contributed by atoms with Gasteiger partial charge in [-0.25, -0.2) is 4.98 Å². The molecule has 0 amide bonds. The van der Waals surface area contributed by atoms with Gasteiger partial charge in [0, 0.05) is 5.56 Å². The molecule has 0 radical (unpaired) electrons. The normalized spacial score (nSPS) is 10.2. The molecule has 0 atom stereocenters. The molecule has 0 spiro atoms. The van der Waals surface area contributed by atoms with Crippen LogP contribution in [0.15, 0.2) is 41.0 Å². The molecule has 13 heavy (non-hydrogen) atoms. The van der Waals surface area contributed by atoms with Gasteiger partial charge in [0.25, 0.3) is 0 Å². The number of benzene rings is 1. The van der Waals surface area contributed by atoms with Crippen LogP contribution in [0.25, 0.3) is 11.5 Å². The van der Waals surface area contributed by atoms with Crippen molar-refractivity contribution in [1.29, 1.82) is 0 Å². The monoisotopic (exact) mass is 175 g/mol. The van der Waals surface area contributed by atoms with Gasteiger partial charge < -0.3 is 9.52 Å². The smallest absolute Gasteiger partial charge is 0.226 e. The highest BCUT2D eigenvalue weighted by atomic mass is 16.3. The van der Waals surface area contributed by atoms with Crippen molar-refractivity contribution in [2.24, 2.45) is 0 Å². The van der Waals surface area contributed by atoms with Crippen molar-refractivity contribution in [2.75, 3.05) is 0 Å². The molecule has 0 aliphatic rings. The number of rotatable bonds is 2. The standard InChI is InChI=1S/C10H9NO2/c12-6-9-7-13-10(11-9)8-4-2-1-3-5-8/h1-5,7,12H,6H2. The Bertz CT molecular complexity index is 381. The molecule has 1 aromatic carbocycles. The summed E-state index contributed by atoms with van der Waals surface area (Å²) in [6, 6.07) is 9.58. The average molecular weight is 175 g/mol. The zero-order valence-electron chi connectivity index (χ0n) is 6.97. The van der Waals surface area contributed by atoms with Gasteiger partial charge >= 0.3 is 0 Å². The molecule has 0 unspecified atom stereocenters. The number of hydrogen-bond acceptors (Lipinski definition) is 3. The summed E-state index contributed by atoms with van der Waals surface area (Å²) in [6.07, 6.45) is 1.46. The second kappa shape index (κ2) is 3.41. The van der Waals surface area contributed by atoms with Crippen molar-refractivity contribution in [1.82, 2.24) is 4.98 Å². The highest BCUT2D eigenvalue weighted by Crippen LogP contribution is 2.17. The van der Waals surface area contributed by atoms with Gasteiger partial charge in [0.1, 0.15) is 12.0 Å². The van der Waals surface area contributed by atoms with Crippen molar-refractivity contribution in [3.8, 4) is 11.5 Å². The molecule has 1 N–H and O–H groups in total. The molecule has 66 valence electrons. The Morgan fingerprint density at radius 1 is 1.23 bits per heavy atom. The number of aliphatic hydroxyl groups excluding tert-OH is 1. The van der Waals surface area contributed by atoms with E-state index in [0.717, 1.165) is 5.56 Å². The molecule has 2 aromatic rings. The van der Waals surface area contributed by atoms with Gasteiger partial charge in [-0.2, -0.15) is 0 Å². The topological polar surface area (TPSA) is 46.3 Å². The number of aromatic nitrogens is 1. The first kappa shape index (κ1) is 8.01. The van der Waals surface area contributed by atoms with E-state index >= 15 is 0 Å². The van der Waals surface area contributed by atoms with Crippen molar-refractivity contribution < 1.29 is 9.52 Å². The Labute approximate surface area is 75.7 Å². The van der Waals surface area contributed by atoms with E-state index < -0.39 is 0 Å². The molecule has 0 fully saturated rings. The summed E-state index contributed by atoms with van der Waals surface area (Å²) in [7, 11) is 0. The zero-order chi connectivity index (χ0) is 9.10. The van der Waals surface area contributed by atoms with Crippen molar-refractivity contribution in [3.63, 3.8) is 0 Å². The van der Waals surface area contributed by atoms with Gasteiger partial charge in [-0.15, -0.1) is 0 Å². The van der Waals surface area contributed by atoms with Crippen LogP contribution in [0, 0.1) is 0 Å². The minimum atomic E-state index is -0.0870. The van der Waals surface area contributed by atoms with E-state index in [9.17, 15) is 0 Å². The Kier molecular flexibility index (Phi) is 2.10. The lowest BCUT2D eigenvalue weighted by molar-refractivity contribution is 0.276. The molecule has 0 bridgehead atoms. The Morgan fingerprint density at radius 2 is 2.00 bits per heavy atom. The first-order valence-corrected chi connectivity index (χ1v) is 4.01. The molecular formula is C10H9NO2. The van der Waals surface area contributed by atoms with Gasteiger partial charge in [-0.3, -0.25) is 0 Å². The van der Waals surface area contributed by atoms with E-state index in [1.54, 1.807) is 0 Å². The number of hydrogen-bond donors (Lipinski definition) is 1. The van der Waals surface area contributed by atoms with E-state index in [4.69, 9.17) is 9.52 Å². The fourth-order valence-corrected chi connectivity index (χ4v) is 1.09. The van der Waals surface area contributed by atoms with Crippen LogP contribution in [-0.2, 0) is 6.61 Å². The minimum absolute atomic E-state index is 0.0870. The van der Waals surface area contributed by atoms with Crippen LogP contribution in [-0.4, -0.2) is 10.1 Å². The zero-order valence-corrected chi connectivity index (χ0v) is 6.97. The quantitative estimate of drug-likeness (QED) is 0.757. The lowest BCUT2D eigenvalue weighted by atomic mass is 10.2. The molecule has 3 heteroatoms. The second-order valence-corrected chi connectivity index (χ2v) is 2.67. The Morgan fingerprint density at radius 3 is 2.62 bits per heavy atom. The molecule has 3 nitrogen and oxygen atoms in total. The number of aliphatic hydroxyl groups is 1. The van der Waals surface area contributed by atoms with E-state index in [1.807, 2.05) is 30.3 Å². The van der Waals surface area contributed by atoms with Gasteiger partial charge in [0.2, 0.25) is 5.89 Å². The third-order valence-electron chi connectivity index (χ3n) is 1.73. The molecular weight excluding hydrogens is 166 g/mol. The van der Waals surface area contributed by atoms with Crippen molar-refractivity contribution in [2.45, 2.75) is 6.61 Å². The van der Waals surface area contributed by atoms with E-state index in [0.29, 0.717) is 11.6 Å². The van der Waals surface area contributed by atoms with Gasteiger partial charge in [0.15, 0.2) is 0 Å². The minimum Gasteiger partial charge on any atom is -0.444 e. The van der Waals surface area contributed by atoms with Crippen molar-refractivity contribution in [3.05, 3.63) is 42.3 Å². The fourth-order valence-electron chi connectivity index (χ4n) is 1.09. The van der Waals surface area contributed by atoms with Gasteiger partial charge in [0.05, 0.1) is 6.61 Å². The van der Waals surface area contributed by atoms with Crippen LogP contribution in [0.5, 0.6) is 0 Å². The highest BCUT2D eigenvalue weighted by molar-refractivity contribution is 5.52. The Balaban J connectivity index is 2.36. The average Bonchev–Trinajstić information content (AvgIpc) is 2.67. The molecule has 0 saturated heterocycles. The maximum absolute atomic E-state index is 8.78. The maximum Gasteiger partial charge on any atom is 0.226 e. The second-order valence-electron chi connectivity index (χ2n) is 2.67. The summed E-state index contributed by atoms with van der Waals surface area (Å²) in [5.74, 6) is 0.546. The molecule has 2 rings (SSSR count). The largest absolute Gasteiger partial charge is 0.444 e. The predicted octanol–water partition coefficient (Wildman–Crippen LogP) is 1.83. The SMILES string of the molecule is OCc1coc(-c2ccccc2)n1. The highest BCUT2D eigenvalue weighted by Gasteiger charge is 2.03. The molecule has 0 saturated carbocycles. The summed E-state index contributed by atoms with van der Waals surface area (Å²) < 4.78 is 5.17. The first-order valence-electron chi connectivity index (χ1n) is 4.01. The van der Waals surface area contributed by atoms with Crippen molar-refractivity contribution >= 4 is 0 Å². The van der Waals surface area contributed by atoms with Gasteiger partial charge in [-0.05, 0) is 12.1 Å². The lowest BCUT2D eigenvalue weighted by Gasteiger charge is -1.91. The summed E-state index contributed by atoms with van der Waals surface area (Å²) in [5.41, 5.74) is 1.47. The van der Waals surface area contributed by atoms with E-state index in [2.05, 4.69) is 4.98 Å². The predicted molar refractivity (Wildman–Crippen MR) is 47.9 cm³/mol. The lowest BCUT2D eigenvalue weighted by Crippen LogP contribution is -1.82. The third kappa shape index (κ3) is 1.60. The summed E-state index contributed by atoms with van der Waals surface area (Å²) in [4.78, 5) is 4.08. The van der Waals surface area contributed by atoms with Crippen LogP contribution in [0.1, 0.15) is 5.69 Å². The van der Waals surface area contributed by atoms with Gasteiger partial charge in [-0.1, -0.05) is 18.2 Å². The summed E-state index contributed by atoms with van der Waals surface area (Å²) >= 11 is 0. The molecule has 0 aliphatic carbocycles. The number of nitrogens with zero attached hydrogens (tertiary/aromatic N) is 1. The molecule has 1 aromatic heterocycles. The van der Waals surface area contributed by atoms with Crippen LogP contribution < -0.4 is 0 Å². The number of oxazole rings is 1. The van der Waals surface area contributed by atoms with Crippen LogP contribution >= 0.6 is 0 Å². The van der Waals surface area contributed by atoms with E-state index in [-0.39, 0.29) is 6.61 Å². The summed E-state index contributed by atoms with van der Waals surface area (Å²) in [5, 5.41) is 8.78. The van der Waals surface area contributed by atoms with E-state index in [1.165, 1.54) is 6.26 Å². The summed E-state index contributed by atoms with van der Waals surface area (Å²) in [6.45, 7) is -0.0870. The Hall–Kier alpha value is -1.61. The third-order valence-corrected chi connectivity index (χ3v) is 1.73. The van der Waals surface area contributed by atoms with Crippen LogP contribution in [0.2, 0.25) is 0 Å². The van der Waals surface area contributed by atoms with Crippen LogP contribution in [0.4, 0.5) is 0 Å².